The number of alkyl halides is 6. The molecule has 2 saturated heterocycles. The molecule has 1 aromatic carbocycles. The minimum atomic E-state index is -4.85. The van der Waals surface area contributed by atoms with E-state index in [0.29, 0.717) is 25.9 Å². The van der Waals surface area contributed by atoms with Crippen LogP contribution in [0.4, 0.5) is 26.3 Å². The van der Waals surface area contributed by atoms with Gasteiger partial charge in [0.05, 0.1) is 18.9 Å². The fraction of sp³-hybridized carbons (Fsp3) is 0.591. The lowest BCUT2D eigenvalue weighted by Crippen LogP contribution is -2.43. The zero-order valence-corrected chi connectivity index (χ0v) is 18.4. The molecule has 1 aromatic heterocycles. The van der Waals surface area contributed by atoms with Crippen molar-refractivity contribution in [3.8, 4) is 11.4 Å². The Hall–Kier alpha value is -2.31. The van der Waals surface area contributed by atoms with Crippen molar-refractivity contribution in [1.82, 2.24) is 19.6 Å². The fourth-order valence-corrected chi connectivity index (χ4v) is 4.41. The first-order chi connectivity index (χ1) is 16.1. The van der Waals surface area contributed by atoms with Crippen molar-refractivity contribution in [2.24, 2.45) is 0 Å². The molecule has 2 aliphatic rings. The molecule has 0 saturated carbocycles. The normalized spacial score (nSPS) is 19.5. The second-order valence-electron chi connectivity index (χ2n) is 8.49. The molecule has 3 heterocycles. The lowest BCUT2D eigenvalue weighted by atomic mass is 9.89. The van der Waals surface area contributed by atoms with Crippen LogP contribution in [0.5, 0.6) is 5.75 Å². The highest BCUT2D eigenvalue weighted by molar-refractivity contribution is 5.39. The van der Waals surface area contributed by atoms with Crippen LogP contribution in [0.25, 0.3) is 5.69 Å². The summed E-state index contributed by atoms with van der Waals surface area (Å²) in [5.74, 6) is -0.748. The van der Waals surface area contributed by atoms with Gasteiger partial charge >= 0.3 is 12.5 Å². The van der Waals surface area contributed by atoms with E-state index in [4.69, 9.17) is 4.74 Å². The smallest absolute Gasteiger partial charge is 0.406 e. The SMILES string of the molecule is FC(F)(F)Oc1ccc(-n2cc(C3CCN(CCN4CCOCC4)CC3)c(C(F)(F)F)n2)cc1. The summed E-state index contributed by atoms with van der Waals surface area (Å²) in [7, 11) is 0. The third-order valence-corrected chi connectivity index (χ3v) is 6.21. The summed E-state index contributed by atoms with van der Waals surface area (Å²) in [6, 6.07) is 4.58. The van der Waals surface area contributed by atoms with Crippen molar-refractivity contribution in [1.29, 1.82) is 0 Å². The van der Waals surface area contributed by atoms with Crippen molar-refractivity contribution >= 4 is 0 Å². The number of morpholine rings is 1. The highest BCUT2D eigenvalue weighted by Crippen LogP contribution is 2.38. The van der Waals surface area contributed by atoms with Crippen LogP contribution in [-0.2, 0) is 10.9 Å². The van der Waals surface area contributed by atoms with Crippen LogP contribution in [0.1, 0.15) is 30.0 Å². The second kappa shape index (κ2) is 10.1. The average molecular weight is 492 g/mol. The summed E-state index contributed by atoms with van der Waals surface area (Å²) in [4.78, 5) is 4.59. The van der Waals surface area contributed by atoms with E-state index in [-0.39, 0.29) is 17.2 Å². The van der Waals surface area contributed by atoms with Gasteiger partial charge < -0.3 is 14.4 Å². The molecule has 0 radical (unpaired) electrons. The maximum atomic E-state index is 13.7. The lowest BCUT2D eigenvalue weighted by Gasteiger charge is -2.34. The summed E-state index contributed by atoms with van der Waals surface area (Å²) in [5, 5.41) is 3.74. The van der Waals surface area contributed by atoms with Crippen LogP contribution in [-0.4, -0.2) is 78.4 Å². The quantitative estimate of drug-likeness (QED) is 0.563. The maximum Gasteiger partial charge on any atom is 0.573 e. The summed E-state index contributed by atoms with van der Waals surface area (Å²) >= 11 is 0. The van der Waals surface area contributed by atoms with Gasteiger partial charge in [-0.15, -0.1) is 13.2 Å². The third-order valence-electron chi connectivity index (χ3n) is 6.21. The van der Waals surface area contributed by atoms with Crippen molar-refractivity contribution in [2.75, 3.05) is 52.5 Å². The molecule has 0 unspecified atom stereocenters. The predicted molar refractivity (Wildman–Crippen MR) is 111 cm³/mol. The molecule has 0 spiro atoms. The first-order valence-corrected chi connectivity index (χ1v) is 11.1. The fourth-order valence-electron chi connectivity index (χ4n) is 4.41. The molecule has 6 nitrogen and oxygen atoms in total. The number of ether oxygens (including phenoxy) is 2. The second-order valence-corrected chi connectivity index (χ2v) is 8.49. The topological polar surface area (TPSA) is 42.8 Å². The van der Waals surface area contributed by atoms with Crippen LogP contribution in [0.15, 0.2) is 30.5 Å². The standard InChI is InChI=1S/C22H26F6N4O2/c23-21(24,25)20-19(15-32(29-20)17-1-3-18(4-2-17)34-22(26,27)28)16-5-7-30(8-6-16)9-10-31-11-13-33-14-12-31/h1-4,15-16H,5-14H2. The van der Waals surface area contributed by atoms with E-state index in [2.05, 4.69) is 19.6 Å². The van der Waals surface area contributed by atoms with E-state index in [1.165, 1.54) is 18.3 Å². The minimum absolute atomic E-state index is 0.121. The van der Waals surface area contributed by atoms with E-state index in [0.717, 1.165) is 56.2 Å². The first-order valence-electron chi connectivity index (χ1n) is 11.1. The lowest BCUT2D eigenvalue weighted by molar-refractivity contribution is -0.274. The Kier molecular flexibility index (Phi) is 7.39. The molecule has 34 heavy (non-hydrogen) atoms. The third kappa shape index (κ3) is 6.42. The molecule has 0 atom stereocenters. The highest BCUT2D eigenvalue weighted by atomic mass is 19.4. The van der Waals surface area contributed by atoms with Crippen LogP contribution >= 0.6 is 0 Å². The van der Waals surface area contributed by atoms with Crippen LogP contribution < -0.4 is 4.74 Å². The molecule has 4 rings (SSSR count). The summed E-state index contributed by atoms with van der Waals surface area (Å²) in [5.41, 5.74) is -0.611. The molecule has 0 N–H and O–H groups in total. The monoisotopic (exact) mass is 492 g/mol. The molecule has 2 aromatic rings. The van der Waals surface area contributed by atoms with E-state index in [1.807, 2.05) is 0 Å². The van der Waals surface area contributed by atoms with Gasteiger partial charge in [0.1, 0.15) is 5.75 Å². The van der Waals surface area contributed by atoms with Crippen molar-refractivity contribution in [2.45, 2.75) is 31.3 Å². The van der Waals surface area contributed by atoms with Crippen LogP contribution in [0.2, 0.25) is 0 Å². The zero-order chi connectivity index (χ0) is 24.3. The number of hydrogen-bond donors (Lipinski definition) is 0. The number of aromatic nitrogens is 2. The van der Waals surface area contributed by atoms with E-state index >= 15 is 0 Å². The van der Waals surface area contributed by atoms with Gasteiger partial charge in [-0.3, -0.25) is 4.90 Å². The Bertz CT molecular complexity index is 930. The van der Waals surface area contributed by atoms with Crippen molar-refractivity contribution in [3.63, 3.8) is 0 Å². The van der Waals surface area contributed by atoms with E-state index < -0.39 is 24.0 Å². The van der Waals surface area contributed by atoms with Gasteiger partial charge in [-0.25, -0.2) is 4.68 Å². The Morgan fingerprint density at radius 1 is 0.882 bits per heavy atom. The molecule has 0 aliphatic carbocycles. The van der Waals surface area contributed by atoms with Gasteiger partial charge in [-0.1, -0.05) is 0 Å². The molecular formula is C22H26F6N4O2. The zero-order valence-electron chi connectivity index (χ0n) is 18.4. The number of halogens is 6. The van der Waals surface area contributed by atoms with Gasteiger partial charge in [0.15, 0.2) is 5.69 Å². The van der Waals surface area contributed by atoms with Gasteiger partial charge in [0, 0.05) is 37.9 Å². The number of benzene rings is 1. The van der Waals surface area contributed by atoms with Crippen molar-refractivity contribution < 1.29 is 35.8 Å². The van der Waals surface area contributed by atoms with Crippen molar-refractivity contribution in [3.05, 3.63) is 41.7 Å². The summed E-state index contributed by atoms with van der Waals surface area (Å²) < 4.78 is 88.5. The molecule has 12 heteroatoms. The van der Waals surface area contributed by atoms with Gasteiger partial charge in [-0.2, -0.15) is 18.3 Å². The average Bonchev–Trinajstić information content (AvgIpc) is 3.24. The number of nitrogens with zero attached hydrogens (tertiary/aromatic N) is 4. The Morgan fingerprint density at radius 3 is 2.03 bits per heavy atom. The van der Waals surface area contributed by atoms with Gasteiger partial charge in [0.25, 0.3) is 0 Å². The summed E-state index contributed by atoms with van der Waals surface area (Å²) in [6.45, 7) is 6.41. The highest BCUT2D eigenvalue weighted by Gasteiger charge is 2.40. The molecule has 2 aliphatic heterocycles. The molecular weight excluding hydrogens is 466 g/mol. The number of rotatable bonds is 6. The molecule has 2 fully saturated rings. The minimum Gasteiger partial charge on any atom is -0.406 e. The largest absolute Gasteiger partial charge is 0.573 e. The van der Waals surface area contributed by atoms with Gasteiger partial charge in [0.2, 0.25) is 0 Å². The number of likely N-dealkylation sites (tertiary alicyclic amines) is 1. The maximum absolute atomic E-state index is 13.7. The van der Waals surface area contributed by atoms with E-state index in [1.54, 1.807) is 0 Å². The Labute approximate surface area is 193 Å². The molecule has 0 amide bonds. The Morgan fingerprint density at radius 2 is 1.47 bits per heavy atom. The van der Waals surface area contributed by atoms with Gasteiger partial charge in [-0.05, 0) is 56.1 Å². The van der Waals surface area contributed by atoms with E-state index in [9.17, 15) is 26.3 Å². The summed E-state index contributed by atoms with van der Waals surface area (Å²) in [6.07, 6.45) is -6.97. The van der Waals surface area contributed by atoms with Crippen LogP contribution in [0.3, 0.4) is 0 Å². The Balaban J connectivity index is 1.43. The predicted octanol–water partition coefficient (Wildman–Crippen LogP) is 4.30. The number of hydrogen-bond acceptors (Lipinski definition) is 5. The molecule has 0 bridgehead atoms. The molecule has 188 valence electrons. The number of piperidine rings is 1. The van der Waals surface area contributed by atoms with Crippen LogP contribution in [0, 0.1) is 0 Å². The first kappa shape index (κ1) is 24.8.